The fourth-order valence-corrected chi connectivity index (χ4v) is 1.73. The third-order valence-corrected chi connectivity index (χ3v) is 2.55. The van der Waals surface area contributed by atoms with Gasteiger partial charge in [-0.1, -0.05) is 24.3 Å². The first-order valence-electron chi connectivity index (χ1n) is 5.07. The van der Waals surface area contributed by atoms with Gasteiger partial charge in [0.2, 0.25) is 0 Å². The van der Waals surface area contributed by atoms with E-state index in [1.165, 1.54) is 0 Å². The number of hydrogen-bond acceptors (Lipinski definition) is 2. The number of para-hydroxylation sites is 1. The quantitative estimate of drug-likeness (QED) is 0.755. The normalized spacial score (nSPS) is 20.3. The van der Waals surface area contributed by atoms with E-state index in [-0.39, 0.29) is 0 Å². The molecule has 2 rings (SSSR count). The molecule has 2 nitrogen and oxygen atoms in total. The van der Waals surface area contributed by atoms with Gasteiger partial charge in [-0.3, -0.25) is 0 Å². The fraction of sp³-hybridized carbons (Fsp3) is 0.231. The van der Waals surface area contributed by atoms with Gasteiger partial charge in [-0.05, 0) is 37.1 Å². The Labute approximate surface area is 90.2 Å². The van der Waals surface area contributed by atoms with E-state index in [0.29, 0.717) is 0 Å². The van der Waals surface area contributed by atoms with Gasteiger partial charge in [0.1, 0.15) is 6.23 Å². The molecule has 0 saturated heterocycles. The molecule has 0 amide bonds. The van der Waals surface area contributed by atoms with Gasteiger partial charge in [-0.25, -0.2) is 0 Å². The van der Waals surface area contributed by atoms with Crippen molar-refractivity contribution in [2.45, 2.75) is 20.1 Å². The van der Waals surface area contributed by atoms with Crippen molar-refractivity contribution in [1.29, 1.82) is 0 Å². The highest BCUT2D eigenvalue weighted by atomic mass is 16.3. The van der Waals surface area contributed by atoms with Crippen LogP contribution in [-0.4, -0.2) is 11.3 Å². The lowest BCUT2D eigenvalue weighted by Crippen LogP contribution is -2.31. The molecule has 1 aromatic carbocycles. The molecule has 1 unspecified atom stereocenters. The average molecular weight is 201 g/mol. The van der Waals surface area contributed by atoms with Crippen LogP contribution in [0.25, 0.3) is 0 Å². The Balaban J connectivity index is 2.39. The summed E-state index contributed by atoms with van der Waals surface area (Å²) in [5.74, 6) is 0. The lowest BCUT2D eigenvalue weighted by molar-refractivity contribution is 0.226. The van der Waals surface area contributed by atoms with Gasteiger partial charge in [0.15, 0.2) is 0 Å². The Morgan fingerprint density at radius 2 is 1.93 bits per heavy atom. The van der Waals surface area contributed by atoms with Crippen molar-refractivity contribution in [3.8, 4) is 0 Å². The minimum atomic E-state index is -0.560. The van der Waals surface area contributed by atoms with E-state index in [9.17, 15) is 5.11 Å². The number of nitrogens with zero attached hydrogens (tertiary/aromatic N) is 1. The molecule has 15 heavy (non-hydrogen) atoms. The van der Waals surface area contributed by atoms with Gasteiger partial charge in [0.25, 0.3) is 0 Å². The Kier molecular flexibility index (Phi) is 2.60. The first-order chi connectivity index (χ1) is 7.18. The molecule has 0 aliphatic carbocycles. The van der Waals surface area contributed by atoms with Crippen molar-refractivity contribution in [2.24, 2.45) is 0 Å². The van der Waals surface area contributed by atoms with Crippen LogP contribution in [0.5, 0.6) is 0 Å². The Hall–Kier alpha value is -1.54. The summed E-state index contributed by atoms with van der Waals surface area (Å²) in [6.07, 6.45) is 5.13. The molecule has 78 valence electrons. The fourth-order valence-electron chi connectivity index (χ4n) is 1.73. The van der Waals surface area contributed by atoms with E-state index in [2.05, 4.69) is 0 Å². The molecule has 2 heteroatoms. The van der Waals surface area contributed by atoms with Gasteiger partial charge < -0.3 is 10.0 Å². The Morgan fingerprint density at radius 3 is 2.67 bits per heavy atom. The van der Waals surface area contributed by atoms with Crippen molar-refractivity contribution in [3.05, 3.63) is 53.8 Å². The molecular weight excluding hydrogens is 186 g/mol. The molecule has 1 aliphatic rings. The van der Waals surface area contributed by atoms with E-state index < -0.39 is 6.23 Å². The monoisotopic (exact) mass is 201 g/mol. The highest BCUT2D eigenvalue weighted by Gasteiger charge is 2.15. The SMILES string of the molecule is CC1=CN(c2ccccc2C)C(O)C=C1. The second-order valence-corrected chi connectivity index (χ2v) is 3.84. The van der Waals surface area contributed by atoms with Gasteiger partial charge in [0.05, 0.1) is 0 Å². The molecule has 0 aromatic heterocycles. The Morgan fingerprint density at radius 1 is 1.20 bits per heavy atom. The number of aliphatic hydroxyl groups is 1. The predicted molar refractivity (Wildman–Crippen MR) is 62.6 cm³/mol. The van der Waals surface area contributed by atoms with Crippen molar-refractivity contribution in [1.82, 2.24) is 0 Å². The molecule has 0 radical (unpaired) electrons. The van der Waals surface area contributed by atoms with Crippen LogP contribution in [0.15, 0.2) is 48.2 Å². The van der Waals surface area contributed by atoms with Crippen LogP contribution in [0.3, 0.4) is 0 Å². The molecule has 1 aromatic rings. The van der Waals surface area contributed by atoms with E-state index in [1.807, 2.05) is 55.3 Å². The molecular formula is C13H15NO. The number of hydrogen-bond donors (Lipinski definition) is 1. The molecule has 0 spiro atoms. The third-order valence-electron chi connectivity index (χ3n) is 2.55. The summed E-state index contributed by atoms with van der Waals surface area (Å²) >= 11 is 0. The smallest absolute Gasteiger partial charge is 0.150 e. The topological polar surface area (TPSA) is 23.5 Å². The number of allylic oxidation sites excluding steroid dienone is 2. The lowest BCUT2D eigenvalue weighted by atomic mass is 10.1. The van der Waals surface area contributed by atoms with Crippen LogP contribution in [-0.2, 0) is 0 Å². The maximum atomic E-state index is 9.86. The first-order valence-corrected chi connectivity index (χ1v) is 5.07. The number of anilines is 1. The third kappa shape index (κ3) is 1.95. The summed E-state index contributed by atoms with van der Waals surface area (Å²) in [4.78, 5) is 1.88. The van der Waals surface area contributed by atoms with E-state index >= 15 is 0 Å². The van der Waals surface area contributed by atoms with E-state index in [4.69, 9.17) is 0 Å². The Bertz CT molecular complexity index is 420. The minimum absolute atomic E-state index is 0.560. The van der Waals surface area contributed by atoms with Gasteiger partial charge in [-0.15, -0.1) is 0 Å². The average Bonchev–Trinajstić information content (AvgIpc) is 2.23. The minimum Gasteiger partial charge on any atom is -0.370 e. The van der Waals surface area contributed by atoms with Crippen molar-refractivity contribution in [2.75, 3.05) is 4.90 Å². The zero-order chi connectivity index (χ0) is 10.8. The maximum Gasteiger partial charge on any atom is 0.150 e. The molecule has 0 bridgehead atoms. The molecule has 1 aliphatic heterocycles. The number of aryl methyl sites for hydroxylation is 1. The molecule has 1 N–H and O–H groups in total. The molecule has 1 heterocycles. The molecule has 0 saturated carbocycles. The number of aliphatic hydroxyl groups excluding tert-OH is 1. The summed E-state index contributed by atoms with van der Waals surface area (Å²) in [6, 6.07) is 8.04. The first kappa shape index (κ1) is 9.99. The van der Waals surface area contributed by atoms with Gasteiger partial charge in [-0.2, -0.15) is 0 Å². The highest BCUT2D eigenvalue weighted by Crippen LogP contribution is 2.24. The standard InChI is InChI=1S/C13H15NO/c1-10-7-8-13(15)14(9-10)12-6-4-3-5-11(12)2/h3-9,13,15H,1-2H3. The van der Waals surface area contributed by atoms with Crippen LogP contribution in [0.2, 0.25) is 0 Å². The molecule has 1 atom stereocenters. The predicted octanol–water partition coefficient (Wildman–Crippen LogP) is 2.59. The van der Waals surface area contributed by atoms with Crippen molar-refractivity contribution >= 4 is 5.69 Å². The largest absolute Gasteiger partial charge is 0.370 e. The highest BCUT2D eigenvalue weighted by molar-refractivity contribution is 5.58. The van der Waals surface area contributed by atoms with Gasteiger partial charge in [0, 0.05) is 11.9 Å². The number of rotatable bonds is 1. The van der Waals surface area contributed by atoms with Crippen LogP contribution in [0.4, 0.5) is 5.69 Å². The van der Waals surface area contributed by atoms with Crippen molar-refractivity contribution in [3.63, 3.8) is 0 Å². The second kappa shape index (κ2) is 3.91. The van der Waals surface area contributed by atoms with Crippen LogP contribution >= 0.6 is 0 Å². The summed E-state index contributed by atoms with van der Waals surface area (Å²) < 4.78 is 0. The van der Waals surface area contributed by atoms with Crippen molar-refractivity contribution < 1.29 is 5.11 Å². The molecule has 0 fully saturated rings. The summed E-state index contributed by atoms with van der Waals surface area (Å²) in [6.45, 7) is 4.07. The summed E-state index contributed by atoms with van der Waals surface area (Å²) in [7, 11) is 0. The van der Waals surface area contributed by atoms with Crippen LogP contribution in [0, 0.1) is 6.92 Å². The van der Waals surface area contributed by atoms with Crippen LogP contribution < -0.4 is 4.90 Å². The van der Waals surface area contributed by atoms with Crippen LogP contribution in [0.1, 0.15) is 12.5 Å². The summed E-state index contributed by atoms with van der Waals surface area (Å²) in [5, 5.41) is 9.86. The number of benzene rings is 1. The zero-order valence-corrected chi connectivity index (χ0v) is 9.01. The van der Waals surface area contributed by atoms with Gasteiger partial charge >= 0.3 is 0 Å². The maximum absolute atomic E-state index is 9.86. The zero-order valence-electron chi connectivity index (χ0n) is 9.01. The second-order valence-electron chi connectivity index (χ2n) is 3.84. The summed E-state index contributed by atoms with van der Waals surface area (Å²) in [5.41, 5.74) is 3.35. The lowest BCUT2D eigenvalue weighted by Gasteiger charge is -2.29. The van der Waals surface area contributed by atoms with E-state index in [1.54, 1.807) is 6.08 Å². The van der Waals surface area contributed by atoms with E-state index in [0.717, 1.165) is 16.8 Å².